The Bertz CT molecular complexity index is 337. The van der Waals surface area contributed by atoms with Crippen molar-refractivity contribution in [3.63, 3.8) is 0 Å². The molecule has 0 unspecified atom stereocenters. The molecule has 0 bridgehead atoms. The van der Waals surface area contributed by atoms with Gasteiger partial charge in [-0.05, 0) is 5.92 Å². The van der Waals surface area contributed by atoms with Crippen molar-refractivity contribution in [2.75, 3.05) is 7.11 Å². The van der Waals surface area contributed by atoms with E-state index in [9.17, 15) is 4.79 Å². The molecule has 1 heterocycles. The summed E-state index contributed by atoms with van der Waals surface area (Å²) >= 11 is 0. The number of rotatable bonds is 3. The smallest absolute Gasteiger partial charge is 0.377 e. The van der Waals surface area contributed by atoms with Crippen LogP contribution in [0.15, 0.2) is 24.0 Å². The first kappa shape index (κ1) is 12.0. The highest BCUT2D eigenvalue weighted by molar-refractivity contribution is 5.86. The van der Waals surface area contributed by atoms with Crippen LogP contribution in [0.2, 0.25) is 0 Å². The molecule has 0 spiro atoms. The van der Waals surface area contributed by atoms with Crippen molar-refractivity contribution in [2.24, 2.45) is 5.92 Å². The molecule has 0 N–H and O–H groups in total. The third kappa shape index (κ3) is 3.25. The molecule has 0 aromatic carbocycles. The first-order valence-electron chi connectivity index (χ1n) is 6.10. The second kappa shape index (κ2) is 5.75. The molecule has 1 fully saturated rings. The van der Waals surface area contributed by atoms with E-state index in [0.29, 0.717) is 5.92 Å². The van der Waals surface area contributed by atoms with Gasteiger partial charge in [-0.25, -0.2) is 4.79 Å². The summed E-state index contributed by atoms with van der Waals surface area (Å²) in [7, 11) is 1.33. The zero-order valence-corrected chi connectivity index (χ0v) is 10.1. The molecule has 1 aliphatic heterocycles. The first-order chi connectivity index (χ1) is 8.29. The Hall–Kier alpha value is -1.45. The number of carbonyl (C=O) groups excluding carboxylic acids is 1. The highest BCUT2D eigenvalue weighted by atomic mass is 16.6. The van der Waals surface area contributed by atoms with E-state index in [1.165, 1.54) is 45.5 Å². The van der Waals surface area contributed by atoms with Gasteiger partial charge in [0.25, 0.3) is 0 Å². The highest BCUT2D eigenvalue weighted by Crippen LogP contribution is 2.30. The molecule has 0 aromatic rings. The van der Waals surface area contributed by atoms with E-state index in [-0.39, 0.29) is 5.76 Å². The molecule has 1 aliphatic carbocycles. The monoisotopic (exact) mass is 238 g/mol. The van der Waals surface area contributed by atoms with Crippen LogP contribution in [-0.4, -0.2) is 13.1 Å². The molecule has 4 heteroatoms. The quantitative estimate of drug-likeness (QED) is 0.709. The van der Waals surface area contributed by atoms with Gasteiger partial charge in [0, 0.05) is 6.42 Å². The molecule has 0 amide bonds. The van der Waals surface area contributed by atoms with E-state index in [1.807, 2.05) is 0 Å². The molecule has 94 valence electrons. The van der Waals surface area contributed by atoms with Crippen LogP contribution in [0.4, 0.5) is 0 Å². The average molecular weight is 238 g/mol. The molecule has 0 aromatic heterocycles. The van der Waals surface area contributed by atoms with Crippen LogP contribution >= 0.6 is 0 Å². The van der Waals surface area contributed by atoms with Crippen molar-refractivity contribution in [3.8, 4) is 0 Å². The fraction of sp³-hybridized carbons (Fsp3) is 0.615. The minimum Gasteiger partial charge on any atom is -0.465 e. The molecule has 17 heavy (non-hydrogen) atoms. The van der Waals surface area contributed by atoms with E-state index in [1.54, 1.807) is 6.26 Å². The van der Waals surface area contributed by atoms with Gasteiger partial charge in [-0.15, -0.1) is 0 Å². The number of methoxy groups -OCH3 is 1. The molecular weight excluding hydrogens is 220 g/mol. The Kier molecular flexibility index (Phi) is 4.07. The summed E-state index contributed by atoms with van der Waals surface area (Å²) < 4.78 is 15.2. The molecule has 0 atom stereocenters. The van der Waals surface area contributed by atoms with E-state index in [4.69, 9.17) is 9.47 Å². The number of hydrogen-bond donors (Lipinski definition) is 0. The second-order valence-corrected chi connectivity index (χ2v) is 4.50. The van der Waals surface area contributed by atoms with Crippen molar-refractivity contribution >= 4 is 5.97 Å². The van der Waals surface area contributed by atoms with Gasteiger partial charge in [-0.1, -0.05) is 32.1 Å². The van der Waals surface area contributed by atoms with Crippen molar-refractivity contribution in [2.45, 2.75) is 38.5 Å². The predicted molar refractivity (Wildman–Crippen MR) is 61.5 cm³/mol. The van der Waals surface area contributed by atoms with Gasteiger partial charge in [0.05, 0.1) is 7.11 Å². The first-order valence-corrected chi connectivity index (χ1v) is 6.10. The number of hydrogen-bond acceptors (Lipinski definition) is 4. The fourth-order valence-corrected chi connectivity index (χ4v) is 2.32. The lowest BCUT2D eigenvalue weighted by atomic mass is 9.86. The number of ether oxygens (including phenoxy) is 3. The van der Waals surface area contributed by atoms with E-state index >= 15 is 0 Å². The maximum atomic E-state index is 11.3. The molecule has 0 saturated heterocycles. The van der Waals surface area contributed by atoms with Crippen LogP contribution in [0.1, 0.15) is 38.5 Å². The zero-order valence-electron chi connectivity index (χ0n) is 10.1. The highest BCUT2D eigenvalue weighted by Gasteiger charge is 2.22. The van der Waals surface area contributed by atoms with Gasteiger partial charge in [0.15, 0.2) is 0 Å². The fourth-order valence-electron chi connectivity index (χ4n) is 2.32. The predicted octanol–water partition coefficient (Wildman–Crippen LogP) is 2.86. The zero-order chi connectivity index (χ0) is 12.1. The SMILES string of the molecule is COC(=O)C1=COC=C(CC2CCCCC2)O1. The van der Waals surface area contributed by atoms with Gasteiger partial charge in [-0.2, -0.15) is 0 Å². The summed E-state index contributed by atoms with van der Waals surface area (Å²) in [5.74, 6) is 0.996. The summed E-state index contributed by atoms with van der Waals surface area (Å²) in [6, 6.07) is 0. The number of allylic oxidation sites excluding steroid dienone is 1. The third-order valence-corrected chi connectivity index (χ3v) is 3.22. The lowest BCUT2D eigenvalue weighted by molar-refractivity contribution is -0.140. The molecule has 2 aliphatic rings. The van der Waals surface area contributed by atoms with Gasteiger partial charge in [0.1, 0.15) is 18.3 Å². The summed E-state index contributed by atoms with van der Waals surface area (Å²) in [5, 5.41) is 0. The average Bonchev–Trinajstić information content (AvgIpc) is 2.39. The Labute approximate surface area is 101 Å². The topological polar surface area (TPSA) is 44.8 Å². The van der Waals surface area contributed by atoms with Crippen LogP contribution in [0, 0.1) is 5.92 Å². The van der Waals surface area contributed by atoms with E-state index in [2.05, 4.69) is 4.74 Å². The van der Waals surface area contributed by atoms with Crippen LogP contribution in [0.25, 0.3) is 0 Å². The second-order valence-electron chi connectivity index (χ2n) is 4.50. The minimum atomic E-state index is -0.501. The Balaban J connectivity index is 1.86. The summed E-state index contributed by atoms with van der Waals surface area (Å²) in [4.78, 5) is 11.3. The van der Waals surface area contributed by atoms with Crippen LogP contribution < -0.4 is 0 Å². The molecular formula is C13H18O4. The van der Waals surface area contributed by atoms with Gasteiger partial charge in [0.2, 0.25) is 5.76 Å². The van der Waals surface area contributed by atoms with Crippen molar-refractivity contribution < 1.29 is 19.0 Å². The molecule has 4 nitrogen and oxygen atoms in total. The van der Waals surface area contributed by atoms with Crippen molar-refractivity contribution in [1.82, 2.24) is 0 Å². The Morgan fingerprint density at radius 2 is 2.12 bits per heavy atom. The maximum absolute atomic E-state index is 11.3. The third-order valence-electron chi connectivity index (χ3n) is 3.22. The largest absolute Gasteiger partial charge is 0.465 e. The lowest BCUT2D eigenvalue weighted by Gasteiger charge is -2.23. The van der Waals surface area contributed by atoms with Crippen molar-refractivity contribution in [3.05, 3.63) is 24.0 Å². The summed E-state index contributed by atoms with van der Waals surface area (Å²) in [6.07, 6.45) is 10.1. The Morgan fingerprint density at radius 3 is 2.82 bits per heavy atom. The molecule has 1 saturated carbocycles. The van der Waals surface area contributed by atoms with Gasteiger partial charge in [-0.3, -0.25) is 0 Å². The van der Waals surface area contributed by atoms with Crippen LogP contribution in [0.3, 0.4) is 0 Å². The Morgan fingerprint density at radius 1 is 1.35 bits per heavy atom. The van der Waals surface area contributed by atoms with E-state index < -0.39 is 5.97 Å². The molecule has 0 radical (unpaired) electrons. The number of esters is 1. The maximum Gasteiger partial charge on any atom is 0.377 e. The van der Waals surface area contributed by atoms with E-state index in [0.717, 1.165) is 12.2 Å². The van der Waals surface area contributed by atoms with Crippen LogP contribution in [-0.2, 0) is 19.0 Å². The van der Waals surface area contributed by atoms with Crippen molar-refractivity contribution in [1.29, 1.82) is 0 Å². The minimum absolute atomic E-state index is 0.126. The number of carbonyl (C=O) groups is 1. The summed E-state index contributed by atoms with van der Waals surface area (Å²) in [5.41, 5.74) is 0. The normalized spacial score (nSPS) is 20.8. The lowest BCUT2D eigenvalue weighted by Crippen LogP contribution is -2.14. The van der Waals surface area contributed by atoms with Gasteiger partial charge >= 0.3 is 5.97 Å². The standard InChI is InChI=1S/C13H18O4/c1-15-13(14)12-9-16-8-11(17-12)7-10-5-3-2-4-6-10/h8-10H,2-7H2,1H3. The molecule has 2 rings (SSSR count). The van der Waals surface area contributed by atoms with Gasteiger partial charge < -0.3 is 14.2 Å². The van der Waals surface area contributed by atoms with Crippen LogP contribution in [0.5, 0.6) is 0 Å². The summed E-state index contributed by atoms with van der Waals surface area (Å²) in [6.45, 7) is 0.